The maximum Gasteiger partial charge on any atom is 0.518 e. The van der Waals surface area contributed by atoms with Crippen molar-refractivity contribution in [1.82, 2.24) is 0 Å². The summed E-state index contributed by atoms with van der Waals surface area (Å²) in [6.45, 7) is 2.67. The van der Waals surface area contributed by atoms with Crippen LogP contribution in [0.15, 0.2) is 16.5 Å². The molecular formula is C18H23F3I2NO4S-. The third-order valence-corrected chi connectivity index (χ3v) is 6.58. The molecule has 1 aromatic carbocycles. The van der Waals surface area contributed by atoms with Crippen molar-refractivity contribution < 1.29 is 31.4 Å². The lowest BCUT2D eigenvalue weighted by Gasteiger charge is -2.16. The average molecular weight is 660 g/mol. The van der Waals surface area contributed by atoms with E-state index in [1.54, 1.807) is 0 Å². The second kappa shape index (κ2) is 12.5. The van der Waals surface area contributed by atoms with Gasteiger partial charge in [-0.05, 0) is 69.3 Å². The number of benzene rings is 1. The van der Waals surface area contributed by atoms with E-state index in [0.29, 0.717) is 19.5 Å². The predicted octanol–water partition coefficient (Wildman–Crippen LogP) is 5.37. The van der Waals surface area contributed by atoms with Gasteiger partial charge in [-0.3, -0.25) is 0 Å². The molecule has 0 saturated carbocycles. The first-order valence-electron chi connectivity index (χ1n) is 9.20. The molecule has 1 rings (SSSR count). The number of alkyl halides is 3. The van der Waals surface area contributed by atoms with E-state index in [4.69, 9.17) is 4.74 Å². The Balaban J connectivity index is 2.65. The van der Waals surface area contributed by atoms with Gasteiger partial charge in [0.1, 0.15) is 5.75 Å². The van der Waals surface area contributed by atoms with Crippen molar-refractivity contribution in [1.29, 1.82) is 0 Å². The molecule has 0 atom stereocenters. The number of halogens is 5. The summed E-state index contributed by atoms with van der Waals surface area (Å²) in [7, 11) is -5.87. The number of sulfonamides is 1. The molecule has 5 nitrogen and oxygen atoms in total. The standard InChI is InChI=1S/C18H24F3I2NO4S/c1-2-3-4-5-6-7-8-9-10-28-16-14(22)11-13(12-15(16)23)17(25)24-29(26,27)18(19,20)21/h11-12H,2-10H2,1H3,(H,24,25)/p-1. The second-order valence-electron chi connectivity index (χ2n) is 6.41. The van der Waals surface area contributed by atoms with Crippen molar-refractivity contribution >= 4 is 61.1 Å². The van der Waals surface area contributed by atoms with Gasteiger partial charge < -0.3 is 9.84 Å². The Morgan fingerprint density at radius 2 is 1.52 bits per heavy atom. The van der Waals surface area contributed by atoms with Gasteiger partial charge in [0.25, 0.3) is 0 Å². The summed E-state index contributed by atoms with van der Waals surface area (Å²) in [6.07, 6.45) is 9.28. The molecule has 0 heterocycles. The molecule has 11 heteroatoms. The molecule has 0 saturated heterocycles. The van der Waals surface area contributed by atoms with E-state index in [-0.39, 0.29) is 5.56 Å². The minimum Gasteiger partial charge on any atom is -0.858 e. The molecule has 0 aliphatic carbocycles. The molecule has 166 valence electrons. The third-order valence-electron chi connectivity index (χ3n) is 3.99. The van der Waals surface area contributed by atoms with Crippen LogP contribution in [0.1, 0.15) is 63.9 Å². The highest BCUT2D eigenvalue weighted by molar-refractivity contribution is 14.1. The van der Waals surface area contributed by atoms with Crippen LogP contribution in [-0.2, 0) is 10.0 Å². The Morgan fingerprint density at radius 3 is 2.00 bits per heavy atom. The SMILES string of the molecule is CCCCCCCCCCOc1c(I)cc(/C([O-])=N/S(=O)(=O)C(F)(F)F)cc1I. The molecule has 29 heavy (non-hydrogen) atoms. The summed E-state index contributed by atoms with van der Waals surface area (Å²) in [6, 6.07) is 2.53. The molecule has 0 aromatic heterocycles. The summed E-state index contributed by atoms with van der Waals surface area (Å²) in [5.74, 6) is -0.947. The van der Waals surface area contributed by atoms with Crippen LogP contribution in [0.2, 0.25) is 0 Å². The number of rotatable bonds is 12. The van der Waals surface area contributed by atoms with Gasteiger partial charge in [-0.2, -0.15) is 26.0 Å². The fourth-order valence-corrected chi connectivity index (χ4v) is 4.95. The summed E-state index contributed by atoms with van der Waals surface area (Å²) >= 11 is 3.78. The zero-order valence-electron chi connectivity index (χ0n) is 15.9. The highest BCUT2D eigenvalue weighted by atomic mass is 127. The Morgan fingerprint density at radius 1 is 1.03 bits per heavy atom. The van der Waals surface area contributed by atoms with Gasteiger partial charge in [-0.1, -0.05) is 51.9 Å². The normalized spacial score (nSPS) is 13.0. The van der Waals surface area contributed by atoms with Crippen LogP contribution in [-0.4, -0.2) is 26.4 Å². The Labute approximate surface area is 196 Å². The number of hydrogen-bond acceptors (Lipinski definition) is 4. The topological polar surface area (TPSA) is 78.8 Å². The highest BCUT2D eigenvalue weighted by Gasteiger charge is 2.45. The first-order valence-corrected chi connectivity index (χ1v) is 12.8. The largest absolute Gasteiger partial charge is 0.858 e. The minimum atomic E-state index is -5.87. The van der Waals surface area contributed by atoms with Crippen LogP contribution >= 0.6 is 45.2 Å². The Bertz CT molecular complexity index is 776. The molecule has 0 amide bonds. The maximum absolute atomic E-state index is 12.4. The fraction of sp³-hybridized carbons (Fsp3) is 0.611. The molecule has 0 spiro atoms. The van der Waals surface area contributed by atoms with Crippen LogP contribution in [0, 0.1) is 7.14 Å². The summed E-state index contributed by atoms with van der Waals surface area (Å²) < 4.78 is 68.3. The van der Waals surface area contributed by atoms with E-state index in [1.165, 1.54) is 44.2 Å². The molecule has 1 aromatic rings. The predicted molar refractivity (Wildman–Crippen MR) is 121 cm³/mol. The van der Waals surface area contributed by atoms with Gasteiger partial charge in [0.05, 0.1) is 13.7 Å². The molecule has 0 N–H and O–H groups in total. The number of hydrogen-bond donors (Lipinski definition) is 0. The van der Waals surface area contributed by atoms with Crippen LogP contribution < -0.4 is 9.84 Å². The lowest BCUT2D eigenvalue weighted by atomic mass is 10.1. The van der Waals surface area contributed by atoms with Gasteiger partial charge in [0.2, 0.25) is 0 Å². The molecular weight excluding hydrogens is 637 g/mol. The Kier molecular flexibility index (Phi) is 11.5. The Hall–Kier alpha value is -0.310. The molecule has 0 unspecified atom stereocenters. The van der Waals surface area contributed by atoms with Crippen molar-refractivity contribution in [3.8, 4) is 5.75 Å². The monoisotopic (exact) mass is 660 g/mol. The second-order valence-corrected chi connectivity index (χ2v) is 10.3. The zero-order valence-corrected chi connectivity index (χ0v) is 21.0. The van der Waals surface area contributed by atoms with Crippen molar-refractivity contribution in [3.05, 3.63) is 24.8 Å². The number of unbranched alkanes of at least 4 members (excludes halogenated alkanes) is 7. The molecule has 0 radical (unpaired) electrons. The molecule has 0 bridgehead atoms. The van der Waals surface area contributed by atoms with Crippen molar-refractivity contribution in [2.45, 2.75) is 63.8 Å². The van der Waals surface area contributed by atoms with E-state index in [0.717, 1.165) is 19.3 Å². The lowest BCUT2D eigenvalue weighted by Crippen LogP contribution is -2.27. The molecule has 0 fully saturated rings. The van der Waals surface area contributed by atoms with Crippen molar-refractivity contribution in [2.75, 3.05) is 6.61 Å². The minimum absolute atomic E-state index is 0.244. The van der Waals surface area contributed by atoms with Crippen molar-refractivity contribution in [3.63, 3.8) is 0 Å². The molecule has 0 aliphatic rings. The third kappa shape index (κ3) is 9.15. The summed E-state index contributed by atoms with van der Waals surface area (Å²) in [5.41, 5.74) is -5.85. The van der Waals surface area contributed by atoms with E-state index in [9.17, 15) is 26.7 Å². The maximum atomic E-state index is 12.4. The van der Waals surface area contributed by atoms with Crippen LogP contribution in [0.5, 0.6) is 5.75 Å². The van der Waals surface area contributed by atoms with Crippen LogP contribution in [0.3, 0.4) is 0 Å². The first kappa shape index (κ1) is 26.7. The lowest BCUT2D eigenvalue weighted by molar-refractivity contribution is -0.212. The molecule has 0 aliphatic heterocycles. The van der Waals surface area contributed by atoms with Gasteiger partial charge >= 0.3 is 15.5 Å². The summed E-state index contributed by atoms with van der Waals surface area (Å²) in [5, 5.41) is 11.9. The quantitative estimate of drug-likeness (QED) is 0.131. The van der Waals surface area contributed by atoms with E-state index < -0.39 is 21.4 Å². The highest BCUT2D eigenvalue weighted by Crippen LogP contribution is 2.30. The van der Waals surface area contributed by atoms with Gasteiger partial charge in [-0.15, -0.1) is 0 Å². The first-order chi connectivity index (χ1) is 13.5. The van der Waals surface area contributed by atoms with E-state index in [1.807, 2.05) is 45.2 Å². The van der Waals surface area contributed by atoms with E-state index >= 15 is 0 Å². The van der Waals surface area contributed by atoms with Gasteiger partial charge in [0, 0.05) is 5.90 Å². The zero-order chi connectivity index (χ0) is 22.1. The fourth-order valence-electron chi connectivity index (χ4n) is 2.45. The van der Waals surface area contributed by atoms with Crippen LogP contribution in [0.4, 0.5) is 13.2 Å². The number of ether oxygens (including phenoxy) is 1. The van der Waals surface area contributed by atoms with Gasteiger partial charge in [0.15, 0.2) is 0 Å². The number of nitrogens with zero attached hydrogens (tertiary/aromatic N) is 1. The smallest absolute Gasteiger partial charge is 0.518 e. The van der Waals surface area contributed by atoms with Crippen LogP contribution in [0.25, 0.3) is 0 Å². The average Bonchev–Trinajstić information content (AvgIpc) is 2.60. The van der Waals surface area contributed by atoms with Gasteiger partial charge in [-0.25, -0.2) is 0 Å². The summed E-state index contributed by atoms with van der Waals surface area (Å²) in [4.78, 5) is 0. The van der Waals surface area contributed by atoms with E-state index in [2.05, 4.69) is 11.3 Å². The van der Waals surface area contributed by atoms with Crippen molar-refractivity contribution in [2.24, 2.45) is 4.40 Å².